The zero-order chi connectivity index (χ0) is 22.2. The van der Waals surface area contributed by atoms with Crippen LogP contribution in [0.25, 0.3) is 0 Å². The molecule has 3 aliphatic carbocycles. The Balaban J connectivity index is 1.62. The summed E-state index contributed by atoms with van der Waals surface area (Å²) >= 11 is 0. The molecule has 0 saturated carbocycles. The van der Waals surface area contributed by atoms with Crippen molar-refractivity contribution in [3.8, 4) is 0 Å². The summed E-state index contributed by atoms with van der Waals surface area (Å²) in [5, 5.41) is 12.9. The van der Waals surface area contributed by atoms with Crippen LogP contribution < -0.4 is 0 Å². The van der Waals surface area contributed by atoms with Crippen molar-refractivity contribution in [2.45, 2.75) is 24.4 Å². The van der Waals surface area contributed by atoms with E-state index in [1.807, 2.05) is 61.5 Å². The lowest BCUT2D eigenvalue weighted by Gasteiger charge is -2.48. The van der Waals surface area contributed by atoms with Crippen LogP contribution in [0.1, 0.15) is 46.7 Å². The lowest BCUT2D eigenvalue weighted by Crippen LogP contribution is -2.57. The van der Waals surface area contributed by atoms with Crippen molar-refractivity contribution in [3.63, 3.8) is 0 Å². The molecule has 1 saturated heterocycles. The molecule has 0 radical (unpaired) electrons. The maximum Gasteiger partial charge on any atom is 0.284 e. The number of rotatable bonds is 3. The fourth-order valence-electron chi connectivity index (χ4n) is 6.33. The number of hydrogen-bond acceptors (Lipinski definition) is 4. The van der Waals surface area contributed by atoms with Gasteiger partial charge >= 0.3 is 0 Å². The number of nitrogens with zero attached hydrogens (tertiary/aromatic N) is 2. The Hall–Kier alpha value is -3.80. The molecule has 3 atom stereocenters. The Kier molecular flexibility index (Phi) is 3.76. The molecule has 32 heavy (non-hydrogen) atoms. The van der Waals surface area contributed by atoms with E-state index in [0.29, 0.717) is 11.1 Å². The summed E-state index contributed by atoms with van der Waals surface area (Å²) in [4.78, 5) is 41.6. The molecule has 1 heterocycles. The Morgan fingerprint density at radius 2 is 1.38 bits per heavy atom. The van der Waals surface area contributed by atoms with Crippen molar-refractivity contribution >= 4 is 11.8 Å². The average Bonchev–Trinajstić information content (AvgIpc) is 3.09. The standard InChI is InChI=1S/C26H20N2O4/c1-15(16-9-3-2-4-10-16)27-24(29)22-21-17-11-5-7-13-19(17)26(28(31)32,23(22)25(27)30)20-14-8-6-12-18(20)21/h2-15,21-23H,1H3/t15-,21?,22-,23-,26?/m0/s1. The van der Waals surface area contributed by atoms with E-state index in [4.69, 9.17) is 0 Å². The minimum atomic E-state index is -1.77. The monoisotopic (exact) mass is 424 g/mol. The van der Waals surface area contributed by atoms with Crippen LogP contribution in [0.2, 0.25) is 0 Å². The molecule has 7 rings (SSSR count). The molecule has 1 aliphatic heterocycles. The first-order chi connectivity index (χ1) is 15.5. The fraction of sp³-hybridized carbons (Fsp3) is 0.231. The highest BCUT2D eigenvalue weighted by molar-refractivity contribution is 6.08. The number of carbonyl (C=O) groups excluding carboxylic acids is 2. The third kappa shape index (κ3) is 2.04. The van der Waals surface area contributed by atoms with E-state index in [-0.39, 0.29) is 16.7 Å². The number of imide groups is 1. The predicted molar refractivity (Wildman–Crippen MR) is 116 cm³/mol. The van der Waals surface area contributed by atoms with Gasteiger partial charge in [0.05, 0.1) is 12.0 Å². The van der Waals surface area contributed by atoms with Crippen molar-refractivity contribution in [2.24, 2.45) is 11.8 Å². The summed E-state index contributed by atoms with van der Waals surface area (Å²) in [5.41, 5.74) is 1.67. The van der Waals surface area contributed by atoms with Crippen molar-refractivity contribution in [2.75, 3.05) is 0 Å². The average molecular weight is 424 g/mol. The molecule has 0 unspecified atom stereocenters. The summed E-state index contributed by atoms with van der Waals surface area (Å²) < 4.78 is 0. The zero-order valence-electron chi connectivity index (χ0n) is 17.3. The summed E-state index contributed by atoms with van der Waals surface area (Å²) in [5.74, 6) is -3.01. The first-order valence-corrected chi connectivity index (χ1v) is 10.7. The molecule has 2 bridgehead atoms. The smallest absolute Gasteiger partial charge is 0.274 e. The second-order valence-electron chi connectivity index (χ2n) is 8.81. The van der Waals surface area contributed by atoms with Crippen molar-refractivity contribution < 1.29 is 14.5 Å². The third-order valence-corrected chi connectivity index (χ3v) is 7.56. The minimum Gasteiger partial charge on any atom is -0.274 e. The first kappa shape index (κ1) is 18.9. The molecule has 2 amide bonds. The van der Waals surface area contributed by atoms with Gasteiger partial charge in [0, 0.05) is 22.0 Å². The molecule has 158 valence electrons. The summed E-state index contributed by atoms with van der Waals surface area (Å²) in [6.45, 7) is 1.81. The number of nitro groups is 1. The molecule has 0 N–H and O–H groups in total. The van der Waals surface area contributed by atoms with Crippen LogP contribution in [0.3, 0.4) is 0 Å². The highest BCUT2D eigenvalue weighted by atomic mass is 16.6. The second-order valence-corrected chi connectivity index (χ2v) is 8.81. The maximum atomic E-state index is 13.9. The van der Waals surface area contributed by atoms with Crippen LogP contribution in [-0.4, -0.2) is 21.6 Å². The van der Waals surface area contributed by atoms with Crippen molar-refractivity contribution in [1.82, 2.24) is 4.90 Å². The molecule has 3 aromatic carbocycles. The number of carbonyl (C=O) groups is 2. The first-order valence-electron chi connectivity index (χ1n) is 10.7. The lowest BCUT2D eigenvalue weighted by atomic mass is 9.51. The fourth-order valence-corrected chi connectivity index (χ4v) is 6.33. The van der Waals surface area contributed by atoms with Gasteiger partial charge in [0.1, 0.15) is 5.92 Å². The van der Waals surface area contributed by atoms with Crippen LogP contribution in [0.5, 0.6) is 0 Å². The molecule has 6 heteroatoms. The van der Waals surface area contributed by atoms with Gasteiger partial charge in [-0.15, -0.1) is 0 Å². The Morgan fingerprint density at radius 3 is 1.94 bits per heavy atom. The second kappa shape index (κ2) is 6.36. The van der Waals surface area contributed by atoms with Gasteiger partial charge in [-0.2, -0.15) is 0 Å². The van der Waals surface area contributed by atoms with Gasteiger partial charge in [-0.1, -0.05) is 78.9 Å². The molecule has 0 aromatic heterocycles. The van der Waals surface area contributed by atoms with Crippen LogP contribution in [0.15, 0.2) is 78.9 Å². The quantitative estimate of drug-likeness (QED) is 0.361. The Morgan fingerprint density at radius 1 is 0.844 bits per heavy atom. The maximum absolute atomic E-state index is 13.9. The molecule has 0 spiro atoms. The molecule has 4 aliphatic rings. The topological polar surface area (TPSA) is 80.5 Å². The van der Waals surface area contributed by atoms with E-state index in [1.54, 1.807) is 24.3 Å². The van der Waals surface area contributed by atoms with E-state index in [2.05, 4.69) is 0 Å². The SMILES string of the molecule is C[C@@H](c1ccccc1)N1C(=O)[C@@H]2[C@@H](C1=O)C1c3ccccc3C2([N+](=O)[O-])c2ccccc21. The third-order valence-electron chi connectivity index (χ3n) is 7.56. The Labute approximate surface area is 184 Å². The van der Waals surface area contributed by atoms with E-state index in [1.165, 1.54) is 4.90 Å². The highest BCUT2D eigenvalue weighted by Gasteiger charge is 2.75. The lowest BCUT2D eigenvalue weighted by molar-refractivity contribution is -0.578. The Bertz CT molecular complexity index is 1250. The van der Waals surface area contributed by atoms with Crippen LogP contribution in [0.4, 0.5) is 0 Å². The molecule has 3 aromatic rings. The molecule has 1 fully saturated rings. The van der Waals surface area contributed by atoms with Gasteiger partial charge in [0.2, 0.25) is 11.8 Å². The normalized spacial score (nSPS) is 28.2. The van der Waals surface area contributed by atoms with Crippen LogP contribution in [0, 0.1) is 22.0 Å². The van der Waals surface area contributed by atoms with Crippen LogP contribution >= 0.6 is 0 Å². The molecular formula is C26H20N2O4. The van der Waals surface area contributed by atoms with E-state index in [9.17, 15) is 19.7 Å². The number of amides is 2. The van der Waals surface area contributed by atoms with Gasteiger partial charge in [0.25, 0.3) is 5.54 Å². The van der Waals surface area contributed by atoms with E-state index in [0.717, 1.165) is 16.7 Å². The van der Waals surface area contributed by atoms with Gasteiger partial charge in [-0.25, -0.2) is 0 Å². The predicted octanol–water partition coefficient (Wildman–Crippen LogP) is 4.03. The summed E-state index contributed by atoms with van der Waals surface area (Å²) in [6.07, 6.45) is 0. The van der Waals surface area contributed by atoms with Gasteiger partial charge in [0.15, 0.2) is 0 Å². The van der Waals surface area contributed by atoms with Gasteiger partial charge in [-0.3, -0.25) is 24.6 Å². The van der Waals surface area contributed by atoms with Gasteiger partial charge < -0.3 is 0 Å². The largest absolute Gasteiger partial charge is 0.284 e. The number of hydrogen-bond donors (Lipinski definition) is 0. The molecule has 6 nitrogen and oxygen atoms in total. The van der Waals surface area contributed by atoms with E-state index < -0.39 is 29.3 Å². The molecular weight excluding hydrogens is 404 g/mol. The van der Waals surface area contributed by atoms with E-state index >= 15 is 0 Å². The zero-order valence-corrected chi connectivity index (χ0v) is 17.3. The number of benzene rings is 3. The van der Waals surface area contributed by atoms with Crippen LogP contribution in [-0.2, 0) is 15.1 Å². The highest BCUT2D eigenvalue weighted by Crippen LogP contribution is 2.64. The minimum absolute atomic E-state index is 0.323. The summed E-state index contributed by atoms with van der Waals surface area (Å²) in [7, 11) is 0. The van der Waals surface area contributed by atoms with Crippen molar-refractivity contribution in [1.29, 1.82) is 0 Å². The summed E-state index contributed by atoms with van der Waals surface area (Å²) in [6, 6.07) is 23.3. The van der Waals surface area contributed by atoms with Crippen molar-refractivity contribution in [3.05, 3.63) is 117 Å². The van der Waals surface area contributed by atoms with Gasteiger partial charge in [-0.05, 0) is 23.6 Å². The number of likely N-dealkylation sites (tertiary alicyclic amines) is 1.